The van der Waals surface area contributed by atoms with Gasteiger partial charge in [0.2, 0.25) is 5.91 Å². The highest BCUT2D eigenvalue weighted by Gasteiger charge is 2.24. The number of ketones is 1. The highest BCUT2D eigenvalue weighted by Crippen LogP contribution is 2.21. The Bertz CT molecular complexity index is 794. The molecule has 0 spiro atoms. The topological polar surface area (TPSA) is 82.3 Å². The van der Waals surface area contributed by atoms with Crippen molar-refractivity contribution in [1.29, 1.82) is 0 Å². The minimum atomic E-state index is -0.310. The van der Waals surface area contributed by atoms with Crippen LogP contribution in [0.25, 0.3) is 0 Å². The summed E-state index contributed by atoms with van der Waals surface area (Å²) in [5.41, 5.74) is 2.99. The van der Waals surface area contributed by atoms with Crippen LogP contribution in [0.2, 0.25) is 0 Å². The predicted octanol–water partition coefficient (Wildman–Crippen LogP) is 2.80. The number of carbonyl (C=O) groups excluding carboxylic acids is 3. The van der Waals surface area contributed by atoms with E-state index in [4.69, 9.17) is 0 Å². The molecule has 2 aromatic rings. The molecule has 0 fully saturated rings. The molecule has 0 aliphatic carbocycles. The number of hydrogen-bond donors (Lipinski definition) is 2. The normalized spacial score (nSPS) is 10.4. The molecular formula is C19H23N3O3. The number of nitrogens with one attached hydrogen (secondary N) is 2. The lowest BCUT2D eigenvalue weighted by Crippen LogP contribution is -2.35. The number of nitrogens with zero attached hydrogens (tertiary/aromatic N) is 1. The number of likely N-dealkylation sites (N-methyl/N-ethyl adjacent to an activating group) is 1. The van der Waals surface area contributed by atoms with Crippen LogP contribution in [-0.4, -0.2) is 41.1 Å². The van der Waals surface area contributed by atoms with Gasteiger partial charge in [-0.15, -0.1) is 0 Å². The van der Waals surface area contributed by atoms with E-state index in [9.17, 15) is 14.4 Å². The van der Waals surface area contributed by atoms with Gasteiger partial charge in [0.1, 0.15) is 5.69 Å². The largest absolute Gasteiger partial charge is 0.354 e. The van der Waals surface area contributed by atoms with Crippen molar-refractivity contribution in [3.8, 4) is 0 Å². The second-order valence-corrected chi connectivity index (χ2v) is 5.96. The Hall–Kier alpha value is -2.89. The number of hydrogen-bond acceptors (Lipinski definition) is 3. The summed E-state index contributed by atoms with van der Waals surface area (Å²) < 4.78 is 0. The van der Waals surface area contributed by atoms with Gasteiger partial charge in [-0.2, -0.15) is 0 Å². The second kappa shape index (κ2) is 7.79. The first-order valence-corrected chi connectivity index (χ1v) is 8.17. The van der Waals surface area contributed by atoms with Crippen LogP contribution in [0.15, 0.2) is 30.3 Å². The Labute approximate surface area is 147 Å². The second-order valence-electron chi connectivity index (χ2n) is 5.96. The predicted molar refractivity (Wildman–Crippen MR) is 96.9 cm³/mol. The Morgan fingerprint density at radius 1 is 1.16 bits per heavy atom. The Kier molecular flexibility index (Phi) is 5.75. The fourth-order valence-corrected chi connectivity index (χ4v) is 2.89. The van der Waals surface area contributed by atoms with Gasteiger partial charge in [-0.1, -0.05) is 25.1 Å². The molecular weight excluding hydrogens is 318 g/mol. The molecule has 6 heteroatoms. The van der Waals surface area contributed by atoms with Crippen LogP contribution in [-0.2, 0) is 11.2 Å². The van der Waals surface area contributed by atoms with Crippen molar-refractivity contribution in [3.63, 3.8) is 0 Å². The standard InChI is InChI=1S/C19H23N3O3/c1-5-15-17(13(3)23)12(2)20-18(15)19(25)22(4)11-16(24)21-14-9-7-6-8-10-14/h6-10,20H,5,11H2,1-4H3,(H,21,24). The third-order valence-corrected chi connectivity index (χ3v) is 4.00. The Morgan fingerprint density at radius 2 is 1.80 bits per heavy atom. The maximum atomic E-state index is 12.7. The number of carbonyl (C=O) groups is 3. The molecule has 2 N–H and O–H groups in total. The minimum Gasteiger partial charge on any atom is -0.354 e. The molecule has 2 rings (SSSR count). The summed E-state index contributed by atoms with van der Waals surface area (Å²) in [7, 11) is 1.57. The van der Waals surface area contributed by atoms with E-state index in [1.165, 1.54) is 11.8 Å². The molecule has 0 aliphatic heterocycles. The number of aryl methyl sites for hydroxylation is 1. The van der Waals surface area contributed by atoms with Gasteiger partial charge in [0, 0.05) is 24.0 Å². The van der Waals surface area contributed by atoms with E-state index >= 15 is 0 Å². The van der Waals surface area contributed by atoms with E-state index in [-0.39, 0.29) is 24.1 Å². The van der Waals surface area contributed by atoms with Crippen molar-refractivity contribution in [2.45, 2.75) is 27.2 Å². The van der Waals surface area contributed by atoms with Gasteiger partial charge in [0.05, 0.1) is 6.54 Å². The first-order valence-electron chi connectivity index (χ1n) is 8.17. The van der Waals surface area contributed by atoms with E-state index in [2.05, 4.69) is 10.3 Å². The molecule has 6 nitrogen and oxygen atoms in total. The first kappa shape index (κ1) is 18.4. The maximum absolute atomic E-state index is 12.7. The summed E-state index contributed by atoms with van der Waals surface area (Å²) in [4.78, 5) is 41.0. The number of aromatic amines is 1. The van der Waals surface area contributed by atoms with E-state index in [1.807, 2.05) is 25.1 Å². The number of benzene rings is 1. The van der Waals surface area contributed by atoms with E-state index in [0.29, 0.717) is 34.6 Å². The van der Waals surface area contributed by atoms with Crippen molar-refractivity contribution in [3.05, 3.63) is 52.8 Å². The number of aromatic nitrogens is 1. The molecule has 0 atom stereocenters. The van der Waals surface area contributed by atoms with Gasteiger partial charge in [0.25, 0.3) is 5.91 Å². The van der Waals surface area contributed by atoms with Gasteiger partial charge in [-0.25, -0.2) is 0 Å². The zero-order valence-corrected chi connectivity index (χ0v) is 15.0. The lowest BCUT2D eigenvalue weighted by Gasteiger charge is -2.17. The van der Waals surface area contributed by atoms with E-state index in [0.717, 1.165) is 0 Å². The number of para-hydroxylation sites is 1. The zero-order valence-electron chi connectivity index (χ0n) is 15.0. The minimum absolute atomic E-state index is 0.0749. The summed E-state index contributed by atoms with van der Waals surface area (Å²) in [5.74, 6) is -0.667. The smallest absolute Gasteiger partial charge is 0.270 e. The average molecular weight is 341 g/mol. The van der Waals surface area contributed by atoms with Crippen molar-refractivity contribution >= 4 is 23.3 Å². The fourth-order valence-electron chi connectivity index (χ4n) is 2.89. The van der Waals surface area contributed by atoms with Crippen molar-refractivity contribution in [2.24, 2.45) is 0 Å². The molecule has 0 saturated carbocycles. The lowest BCUT2D eigenvalue weighted by atomic mass is 10.0. The van der Waals surface area contributed by atoms with Crippen LogP contribution >= 0.6 is 0 Å². The summed E-state index contributed by atoms with van der Waals surface area (Å²) in [6.45, 7) is 5.08. The fraction of sp³-hybridized carbons (Fsp3) is 0.316. The van der Waals surface area contributed by atoms with Gasteiger partial charge >= 0.3 is 0 Å². The number of anilines is 1. The molecule has 1 aromatic carbocycles. The van der Waals surface area contributed by atoms with Crippen molar-refractivity contribution in [2.75, 3.05) is 18.9 Å². The molecule has 25 heavy (non-hydrogen) atoms. The van der Waals surface area contributed by atoms with Gasteiger partial charge in [-0.05, 0) is 38.0 Å². The van der Waals surface area contributed by atoms with Crippen LogP contribution in [0.4, 0.5) is 5.69 Å². The number of H-pyrrole nitrogens is 1. The molecule has 1 heterocycles. The molecule has 0 bridgehead atoms. The van der Waals surface area contributed by atoms with Crippen LogP contribution < -0.4 is 5.32 Å². The number of rotatable bonds is 6. The third kappa shape index (κ3) is 4.15. The molecule has 0 radical (unpaired) electrons. The first-order chi connectivity index (χ1) is 11.8. The van der Waals surface area contributed by atoms with Crippen molar-refractivity contribution < 1.29 is 14.4 Å². The molecule has 1 aromatic heterocycles. The molecule has 0 unspecified atom stereocenters. The summed E-state index contributed by atoms with van der Waals surface area (Å²) in [6.07, 6.45) is 0.560. The zero-order chi connectivity index (χ0) is 18.6. The molecule has 2 amide bonds. The Morgan fingerprint density at radius 3 is 2.36 bits per heavy atom. The van der Waals surface area contributed by atoms with Gasteiger partial charge < -0.3 is 15.2 Å². The van der Waals surface area contributed by atoms with Crippen LogP contribution in [0.1, 0.15) is 46.0 Å². The number of Topliss-reactive ketones (excluding diaryl/α,β-unsaturated/α-hetero) is 1. The van der Waals surface area contributed by atoms with Gasteiger partial charge in [-0.3, -0.25) is 14.4 Å². The highest BCUT2D eigenvalue weighted by molar-refractivity contribution is 6.04. The average Bonchev–Trinajstić information content (AvgIpc) is 2.91. The SMILES string of the molecule is CCc1c(C(=O)N(C)CC(=O)Nc2ccccc2)[nH]c(C)c1C(C)=O. The lowest BCUT2D eigenvalue weighted by molar-refractivity contribution is -0.116. The Balaban J connectivity index is 2.13. The van der Waals surface area contributed by atoms with Crippen LogP contribution in [0, 0.1) is 6.92 Å². The molecule has 132 valence electrons. The maximum Gasteiger partial charge on any atom is 0.270 e. The summed E-state index contributed by atoms with van der Waals surface area (Å²) >= 11 is 0. The molecule has 0 aliphatic rings. The summed E-state index contributed by atoms with van der Waals surface area (Å²) in [6, 6.07) is 9.06. The monoisotopic (exact) mass is 341 g/mol. The quantitative estimate of drug-likeness (QED) is 0.793. The number of amides is 2. The van der Waals surface area contributed by atoms with Crippen LogP contribution in [0.5, 0.6) is 0 Å². The molecule has 0 saturated heterocycles. The van der Waals surface area contributed by atoms with E-state index in [1.54, 1.807) is 26.1 Å². The third-order valence-electron chi connectivity index (χ3n) is 4.00. The van der Waals surface area contributed by atoms with E-state index < -0.39 is 0 Å². The summed E-state index contributed by atoms with van der Waals surface area (Å²) in [5, 5.41) is 2.75. The van der Waals surface area contributed by atoms with Crippen molar-refractivity contribution in [1.82, 2.24) is 9.88 Å². The highest BCUT2D eigenvalue weighted by atomic mass is 16.2. The van der Waals surface area contributed by atoms with Crippen LogP contribution in [0.3, 0.4) is 0 Å². The van der Waals surface area contributed by atoms with Gasteiger partial charge in [0.15, 0.2) is 5.78 Å².